The largest absolute Gasteiger partial charge is 0.481 e. The van der Waals surface area contributed by atoms with E-state index in [0.717, 1.165) is 43.4 Å². The fourth-order valence-electron chi connectivity index (χ4n) is 4.17. The molecule has 168 valence electrons. The van der Waals surface area contributed by atoms with Crippen molar-refractivity contribution < 1.29 is 9.90 Å². The number of hydrogen-bond acceptors (Lipinski definition) is 7. The predicted molar refractivity (Wildman–Crippen MR) is 128 cm³/mol. The van der Waals surface area contributed by atoms with Gasteiger partial charge < -0.3 is 5.11 Å². The summed E-state index contributed by atoms with van der Waals surface area (Å²) in [4.78, 5) is 21.9. The van der Waals surface area contributed by atoms with Crippen LogP contribution in [0.25, 0.3) is 16.1 Å². The minimum Gasteiger partial charge on any atom is -0.481 e. The van der Waals surface area contributed by atoms with Crippen LogP contribution in [0, 0.1) is 32.1 Å². The minimum atomic E-state index is -0.946. The molecule has 9 heteroatoms. The Morgan fingerprint density at radius 1 is 1.12 bits per heavy atom. The molecule has 34 heavy (non-hydrogen) atoms. The third-order valence-corrected chi connectivity index (χ3v) is 7.16. The van der Waals surface area contributed by atoms with Crippen LogP contribution in [0.4, 0.5) is 0 Å². The van der Waals surface area contributed by atoms with Crippen LogP contribution in [-0.2, 0) is 4.79 Å². The minimum absolute atomic E-state index is 0.181. The first-order valence-corrected chi connectivity index (χ1v) is 11.5. The highest BCUT2D eigenvalue weighted by Crippen LogP contribution is 2.39. The van der Waals surface area contributed by atoms with Gasteiger partial charge in [0.2, 0.25) is 0 Å². The second-order valence-electron chi connectivity index (χ2n) is 8.15. The molecule has 0 radical (unpaired) electrons. The number of rotatable bonds is 4. The van der Waals surface area contributed by atoms with Gasteiger partial charge in [-0.2, -0.15) is 5.26 Å². The highest BCUT2D eigenvalue weighted by molar-refractivity contribution is 7.15. The number of carboxylic acid groups (broad SMARTS) is 1. The van der Waals surface area contributed by atoms with Crippen molar-refractivity contribution in [1.29, 1.82) is 5.26 Å². The summed E-state index contributed by atoms with van der Waals surface area (Å²) in [5.41, 5.74) is 5.96. The van der Waals surface area contributed by atoms with E-state index in [4.69, 9.17) is 4.99 Å². The van der Waals surface area contributed by atoms with Crippen molar-refractivity contribution in [1.82, 2.24) is 19.7 Å². The third-order valence-electron chi connectivity index (χ3n) is 5.97. The second-order valence-corrected chi connectivity index (χ2v) is 9.35. The molecule has 0 saturated carbocycles. The van der Waals surface area contributed by atoms with Crippen LogP contribution in [0.15, 0.2) is 47.7 Å². The summed E-state index contributed by atoms with van der Waals surface area (Å²) in [5.74, 6) is 0.289. The van der Waals surface area contributed by atoms with Gasteiger partial charge in [0.15, 0.2) is 5.82 Å². The van der Waals surface area contributed by atoms with Gasteiger partial charge in [0.25, 0.3) is 0 Å². The molecule has 0 aliphatic carbocycles. The SMILES string of the molecule is Cc1sc2c(c1C)C(c1ccc(-c3cncc(C#N)c3)cc1)=N[C@@H](CC(=O)O)c1nnc(C)n1-2. The van der Waals surface area contributed by atoms with Crippen molar-refractivity contribution in [3.05, 3.63) is 81.5 Å². The van der Waals surface area contributed by atoms with E-state index in [9.17, 15) is 15.2 Å². The maximum atomic E-state index is 11.7. The van der Waals surface area contributed by atoms with Gasteiger partial charge in [-0.3, -0.25) is 19.3 Å². The monoisotopic (exact) mass is 468 g/mol. The Kier molecular flexibility index (Phi) is 5.30. The first kappa shape index (κ1) is 21.7. The Morgan fingerprint density at radius 2 is 1.85 bits per heavy atom. The predicted octanol–water partition coefficient (Wildman–Crippen LogP) is 4.55. The lowest BCUT2D eigenvalue weighted by molar-refractivity contribution is -0.137. The lowest BCUT2D eigenvalue weighted by Crippen LogP contribution is -2.10. The average Bonchev–Trinajstić information content (AvgIpc) is 3.31. The molecule has 0 bridgehead atoms. The van der Waals surface area contributed by atoms with Crippen molar-refractivity contribution in [2.75, 3.05) is 0 Å². The maximum Gasteiger partial charge on any atom is 0.306 e. The molecule has 1 aliphatic heterocycles. The number of thiophene rings is 1. The number of carboxylic acids is 1. The van der Waals surface area contributed by atoms with Gasteiger partial charge in [-0.25, -0.2) is 0 Å². The first-order chi connectivity index (χ1) is 16.4. The van der Waals surface area contributed by atoms with E-state index in [1.807, 2.05) is 35.8 Å². The molecule has 4 aromatic rings. The smallest absolute Gasteiger partial charge is 0.306 e. The summed E-state index contributed by atoms with van der Waals surface area (Å²) >= 11 is 1.63. The van der Waals surface area contributed by atoms with Crippen molar-refractivity contribution >= 4 is 23.0 Å². The van der Waals surface area contributed by atoms with Crippen molar-refractivity contribution in [3.63, 3.8) is 0 Å². The molecule has 3 aromatic heterocycles. The van der Waals surface area contributed by atoms with Gasteiger partial charge in [-0.15, -0.1) is 21.5 Å². The quantitative estimate of drug-likeness (QED) is 0.469. The van der Waals surface area contributed by atoms with Gasteiger partial charge in [-0.1, -0.05) is 24.3 Å². The molecule has 1 aromatic carbocycles. The van der Waals surface area contributed by atoms with E-state index in [1.165, 1.54) is 6.20 Å². The number of nitriles is 1. The van der Waals surface area contributed by atoms with Crippen molar-refractivity contribution in [3.8, 4) is 22.2 Å². The van der Waals surface area contributed by atoms with E-state index in [-0.39, 0.29) is 6.42 Å². The van der Waals surface area contributed by atoms with Crippen LogP contribution >= 0.6 is 11.3 Å². The molecule has 4 heterocycles. The van der Waals surface area contributed by atoms with Crippen molar-refractivity contribution in [2.24, 2.45) is 4.99 Å². The van der Waals surface area contributed by atoms with Crippen LogP contribution in [0.1, 0.15) is 51.2 Å². The third kappa shape index (κ3) is 3.58. The number of benzene rings is 1. The highest BCUT2D eigenvalue weighted by atomic mass is 32.1. The molecule has 1 aliphatic rings. The number of pyridine rings is 1. The molecule has 0 fully saturated rings. The number of hydrogen-bond donors (Lipinski definition) is 1. The Balaban J connectivity index is 1.67. The molecule has 0 saturated heterocycles. The lowest BCUT2D eigenvalue weighted by Gasteiger charge is -2.11. The topological polar surface area (TPSA) is 117 Å². The molecule has 1 N–H and O–H groups in total. The van der Waals surface area contributed by atoms with Crippen LogP contribution in [0.3, 0.4) is 0 Å². The van der Waals surface area contributed by atoms with Crippen molar-refractivity contribution in [2.45, 2.75) is 33.2 Å². The van der Waals surface area contributed by atoms with Crippen LogP contribution in [0.5, 0.6) is 0 Å². The Bertz CT molecular complexity index is 1510. The number of carbonyl (C=O) groups is 1. The molecule has 1 atom stereocenters. The van der Waals surface area contributed by atoms with Crippen LogP contribution in [-0.4, -0.2) is 36.5 Å². The molecular formula is C25H20N6O2S. The number of fused-ring (bicyclic) bond motifs is 3. The standard InChI is InChI=1S/C25H20N6O2S/c1-13-14(2)34-25-22(13)23(28-20(9-21(32)33)24-30-29-15(3)31(24)25)18-6-4-17(5-7-18)19-8-16(10-26)11-27-12-19/h4-8,11-12,20H,9H2,1-3H3,(H,32,33)/t20-/m0/s1. The number of aliphatic carboxylic acids is 1. The molecule has 0 spiro atoms. The van der Waals surface area contributed by atoms with Gasteiger partial charge in [0, 0.05) is 34.0 Å². The zero-order chi connectivity index (χ0) is 24.0. The van der Waals surface area contributed by atoms with Crippen LogP contribution in [0.2, 0.25) is 0 Å². The van der Waals surface area contributed by atoms with E-state index < -0.39 is 12.0 Å². The summed E-state index contributed by atoms with van der Waals surface area (Å²) < 4.78 is 1.94. The average molecular weight is 469 g/mol. The normalized spacial score (nSPS) is 14.5. The first-order valence-electron chi connectivity index (χ1n) is 10.7. The Hall–Kier alpha value is -4.16. The summed E-state index contributed by atoms with van der Waals surface area (Å²) in [6.45, 7) is 5.99. The van der Waals surface area contributed by atoms with Gasteiger partial charge in [-0.05, 0) is 38.0 Å². The zero-order valence-electron chi connectivity index (χ0n) is 18.8. The molecule has 8 nitrogen and oxygen atoms in total. The van der Waals surface area contributed by atoms with E-state index in [2.05, 4.69) is 35.1 Å². The maximum absolute atomic E-state index is 11.7. The van der Waals surface area contributed by atoms with Gasteiger partial charge in [0.05, 0.1) is 17.7 Å². The number of aromatic nitrogens is 4. The molecule has 0 amide bonds. The zero-order valence-corrected chi connectivity index (χ0v) is 19.6. The van der Waals surface area contributed by atoms with Gasteiger partial charge in [0.1, 0.15) is 22.9 Å². The van der Waals surface area contributed by atoms with Crippen LogP contribution < -0.4 is 0 Å². The van der Waals surface area contributed by atoms with Gasteiger partial charge >= 0.3 is 5.97 Å². The summed E-state index contributed by atoms with van der Waals surface area (Å²) in [6, 6.07) is 11.1. The fourth-order valence-corrected chi connectivity index (χ4v) is 5.38. The molecule has 0 unspecified atom stereocenters. The fraction of sp³-hybridized carbons (Fsp3) is 0.200. The number of aliphatic imine (C=N–C) groups is 1. The number of aryl methyl sites for hydroxylation is 2. The Morgan fingerprint density at radius 3 is 2.56 bits per heavy atom. The summed E-state index contributed by atoms with van der Waals surface area (Å²) in [5, 5.41) is 28.2. The summed E-state index contributed by atoms with van der Waals surface area (Å²) in [6.07, 6.45) is 3.07. The Labute approximate surface area is 199 Å². The number of nitrogens with zero attached hydrogens (tertiary/aromatic N) is 6. The molecule has 5 rings (SSSR count). The molecular weight excluding hydrogens is 448 g/mol. The highest BCUT2D eigenvalue weighted by Gasteiger charge is 2.32. The van der Waals surface area contributed by atoms with E-state index in [0.29, 0.717) is 17.2 Å². The summed E-state index contributed by atoms with van der Waals surface area (Å²) in [7, 11) is 0. The lowest BCUT2D eigenvalue weighted by atomic mass is 9.97. The second kappa shape index (κ2) is 8.32. The van der Waals surface area contributed by atoms with E-state index >= 15 is 0 Å². The van der Waals surface area contributed by atoms with E-state index in [1.54, 1.807) is 23.6 Å².